The Kier molecular flexibility index (Phi) is 5.76. The van der Waals surface area contributed by atoms with Crippen molar-refractivity contribution in [3.63, 3.8) is 0 Å². The molecular weight excluding hydrogens is 462 g/mol. The van der Waals surface area contributed by atoms with E-state index in [1.807, 2.05) is 0 Å². The molecule has 3 rings (SSSR count). The summed E-state index contributed by atoms with van der Waals surface area (Å²) in [5.74, 6) is -1.58. The van der Waals surface area contributed by atoms with E-state index in [4.69, 9.17) is 0 Å². The molecule has 0 aliphatic heterocycles. The van der Waals surface area contributed by atoms with Gasteiger partial charge in [-0.3, -0.25) is 4.72 Å². The van der Waals surface area contributed by atoms with Crippen molar-refractivity contribution >= 4 is 25.5 Å². The van der Waals surface area contributed by atoms with Crippen LogP contribution in [0.1, 0.15) is 5.56 Å². The SMILES string of the molecule is CS(=O)(=O)c1ccc(-c2ccc(NS(=O)(=O)c3ccc(F)c(C(F)(F)F)c3)cc2)nn1. The van der Waals surface area contributed by atoms with Crippen molar-refractivity contribution in [2.45, 2.75) is 16.1 Å². The van der Waals surface area contributed by atoms with E-state index in [9.17, 15) is 34.4 Å². The molecule has 0 saturated heterocycles. The molecule has 1 N–H and O–H groups in total. The van der Waals surface area contributed by atoms with Gasteiger partial charge in [0, 0.05) is 17.5 Å². The number of sulfonamides is 1. The number of hydrogen-bond acceptors (Lipinski definition) is 6. The molecule has 0 unspecified atom stereocenters. The van der Waals surface area contributed by atoms with Gasteiger partial charge in [-0.15, -0.1) is 10.2 Å². The van der Waals surface area contributed by atoms with Crippen molar-refractivity contribution in [1.82, 2.24) is 10.2 Å². The molecule has 164 valence electrons. The molecule has 0 saturated carbocycles. The molecule has 0 radical (unpaired) electrons. The van der Waals surface area contributed by atoms with Gasteiger partial charge in [0.2, 0.25) is 0 Å². The van der Waals surface area contributed by atoms with Gasteiger partial charge >= 0.3 is 6.18 Å². The Bertz CT molecular complexity index is 1320. The Balaban J connectivity index is 1.84. The molecule has 0 amide bonds. The van der Waals surface area contributed by atoms with Crippen LogP contribution in [0.2, 0.25) is 0 Å². The number of nitrogens with one attached hydrogen (secondary N) is 1. The van der Waals surface area contributed by atoms with E-state index >= 15 is 0 Å². The minimum Gasteiger partial charge on any atom is -0.280 e. The van der Waals surface area contributed by atoms with Crippen molar-refractivity contribution in [3.8, 4) is 11.3 Å². The third kappa shape index (κ3) is 5.17. The van der Waals surface area contributed by atoms with E-state index in [-0.39, 0.29) is 16.8 Å². The Morgan fingerprint density at radius 2 is 1.52 bits per heavy atom. The first-order valence-electron chi connectivity index (χ1n) is 8.31. The highest BCUT2D eigenvalue weighted by molar-refractivity contribution is 7.92. The Hall–Kier alpha value is -3.06. The lowest BCUT2D eigenvalue weighted by molar-refractivity contribution is -0.140. The molecule has 0 fully saturated rings. The van der Waals surface area contributed by atoms with E-state index in [0.29, 0.717) is 17.3 Å². The summed E-state index contributed by atoms with van der Waals surface area (Å²) in [7, 11) is -7.94. The monoisotopic (exact) mass is 475 g/mol. The normalized spacial score (nSPS) is 12.5. The molecule has 3 aromatic rings. The average Bonchev–Trinajstić information content (AvgIpc) is 2.67. The number of rotatable bonds is 5. The second-order valence-electron chi connectivity index (χ2n) is 6.35. The largest absolute Gasteiger partial charge is 0.419 e. The van der Waals surface area contributed by atoms with Crippen LogP contribution in [0.5, 0.6) is 0 Å². The van der Waals surface area contributed by atoms with Gasteiger partial charge in [-0.05, 0) is 42.5 Å². The molecule has 0 aliphatic carbocycles. The van der Waals surface area contributed by atoms with Gasteiger partial charge in [0.05, 0.1) is 16.2 Å². The average molecular weight is 475 g/mol. The van der Waals surface area contributed by atoms with Crippen LogP contribution in [-0.2, 0) is 26.0 Å². The number of benzene rings is 2. The highest BCUT2D eigenvalue weighted by Crippen LogP contribution is 2.33. The number of aromatic nitrogens is 2. The minimum absolute atomic E-state index is 0.0300. The zero-order valence-corrected chi connectivity index (χ0v) is 17.2. The van der Waals surface area contributed by atoms with Crippen molar-refractivity contribution in [1.29, 1.82) is 0 Å². The second-order valence-corrected chi connectivity index (χ2v) is 10.00. The van der Waals surface area contributed by atoms with Crippen molar-refractivity contribution in [2.24, 2.45) is 0 Å². The summed E-state index contributed by atoms with van der Waals surface area (Å²) in [6.07, 6.45) is -4.07. The first-order chi connectivity index (χ1) is 14.3. The van der Waals surface area contributed by atoms with Crippen LogP contribution in [0.4, 0.5) is 23.2 Å². The van der Waals surface area contributed by atoms with Gasteiger partial charge in [0.1, 0.15) is 5.82 Å². The number of alkyl halides is 3. The summed E-state index contributed by atoms with van der Waals surface area (Å²) in [5, 5.41) is 7.20. The smallest absolute Gasteiger partial charge is 0.280 e. The maximum atomic E-state index is 13.4. The van der Waals surface area contributed by atoms with Crippen LogP contribution >= 0.6 is 0 Å². The molecule has 1 aromatic heterocycles. The first kappa shape index (κ1) is 22.6. The lowest BCUT2D eigenvalue weighted by Gasteiger charge is -2.12. The Morgan fingerprint density at radius 1 is 0.871 bits per heavy atom. The molecule has 0 spiro atoms. The molecular formula is C18H13F4N3O4S2. The maximum Gasteiger partial charge on any atom is 0.419 e. The molecule has 0 bridgehead atoms. The summed E-state index contributed by atoms with van der Waals surface area (Å²) >= 11 is 0. The molecule has 0 atom stereocenters. The summed E-state index contributed by atoms with van der Waals surface area (Å²) in [5.41, 5.74) is -0.865. The fraction of sp³-hybridized carbons (Fsp3) is 0.111. The summed E-state index contributed by atoms with van der Waals surface area (Å²) in [6, 6.07) is 9.60. The maximum absolute atomic E-state index is 13.4. The highest BCUT2D eigenvalue weighted by atomic mass is 32.2. The van der Waals surface area contributed by atoms with Crippen molar-refractivity contribution in [3.05, 3.63) is 66.0 Å². The van der Waals surface area contributed by atoms with Gasteiger partial charge in [0.25, 0.3) is 10.0 Å². The number of anilines is 1. The predicted molar refractivity (Wildman–Crippen MR) is 103 cm³/mol. The van der Waals surface area contributed by atoms with E-state index in [1.165, 1.54) is 36.4 Å². The van der Waals surface area contributed by atoms with Crippen LogP contribution in [-0.4, -0.2) is 33.3 Å². The topological polar surface area (TPSA) is 106 Å². The molecule has 7 nitrogen and oxygen atoms in total. The van der Waals surface area contributed by atoms with Crippen LogP contribution in [0.3, 0.4) is 0 Å². The third-order valence-corrected chi connectivity index (χ3v) is 6.36. The Morgan fingerprint density at radius 3 is 2.03 bits per heavy atom. The molecule has 13 heteroatoms. The van der Waals surface area contributed by atoms with Crippen LogP contribution < -0.4 is 4.72 Å². The lowest BCUT2D eigenvalue weighted by Crippen LogP contribution is -2.15. The number of hydrogen-bond donors (Lipinski definition) is 1. The zero-order chi connectivity index (χ0) is 23.0. The van der Waals surface area contributed by atoms with Crippen LogP contribution in [0, 0.1) is 5.82 Å². The van der Waals surface area contributed by atoms with E-state index in [2.05, 4.69) is 14.9 Å². The van der Waals surface area contributed by atoms with Gasteiger partial charge in [-0.2, -0.15) is 13.2 Å². The van der Waals surface area contributed by atoms with Gasteiger partial charge < -0.3 is 0 Å². The molecule has 0 aliphatic rings. The van der Waals surface area contributed by atoms with Gasteiger partial charge in [0.15, 0.2) is 14.9 Å². The quantitative estimate of drug-likeness (QED) is 0.566. The number of nitrogens with zero attached hydrogens (tertiary/aromatic N) is 2. The van der Waals surface area contributed by atoms with Gasteiger partial charge in [-0.1, -0.05) is 12.1 Å². The first-order valence-corrected chi connectivity index (χ1v) is 11.7. The summed E-state index contributed by atoms with van der Waals surface area (Å²) in [6.45, 7) is 0. The minimum atomic E-state index is -5.05. The van der Waals surface area contributed by atoms with Crippen LogP contribution in [0.25, 0.3) is 11.3 Å². The lowest BCUT2D eigenvalue weighted by atomic mass is 10.1. The van der Waals surface area contributed by atoms with Crippen LogP contribution in [0.15, 0.2) is 64.5 Å². The zero-order valence-electron chi connectivity index (χ0n) is 15.6. The summed E-state index contributed by atoms with van der Waals surface area (Å²) < 4.78 is 102. The van der Waals surface area contributed by atoms with E-state index < -0.39 is 42.3 Å². The summed E-state index contributed by atoms with van der Waals surface area (Å²) in [4.78, 5) is -0.757. The molecule has 1 heterocycles. The highest BCUT2D eigenvalue weighted by Gasteiger charge is 2.35. The fourth-order valence-corrected chi connectivity index (χ4v) is 4.07. The Labute approximate surface area is 174 Å². The molecule has 31 heavy (non-hydrogen) atoms. The number of sulfone groups is 1. The van der Waals surface area contributed by atoms with Gasteiger partial charge in [-0.25, -0.2) is 21.2 Å². The number of halogens is 4. The van der Waals surface area contributed by atoms with Crippen molar-refractivity contribution in [2.75, 3.05) is 11.0 Å². The van der Waals surface area contributed by atoms with E-state index in [1.54, 1.807) is 0 Å². The molecule has 2 aromatic carbocycles. The van der Waals surface area contributed by atoms with E-state index in [0.717, 1.165) is 12.3 Å². The third-order valence-electron chi connectivity index (χ3n) is 4.01. The predicted octanol–water partition coefficient (Wildman–Crippen LogP) is 3.51. The fourth-order valence-electron chi connectivity index (χ4n) is 2.48. The second kappa shape index (κ2) is 7.89. The standard InChI is InChI=1S/C18H13F4N3O4S2/c1-30(26,27)17-9-8-16(23-24-17)11-2-4-12(5-3-11)25-31(28,29)13-6-7-15(19)14(10-13)18(20,21)22/h2-10,25H,1H3. The van der Waals surface area contributed by atoms with Crippen molar-refractivity contribution < 1.29 is 34.4 Å².